The van der Waals surface area contributed by atoms with Gasteiger partial charge in [-0.3, -0.25) is 9.48 Å². The molecule has 29 heavy (non-hydrogen) atoms. The van der Waals surface area contributed by atoms with Crippen LogP contribution in [0.1, 0.15) is 29.2 Å². The molecule has 0 atom stereocenters. The zero-order valence-corrected chi connectivity index (χ0v) is 15.8. The second-order valence-corrected chi connectivity index (χ2v) is 7.00. The van der Waals surface area contributed by atoms with Crippen molar-refractivity contribution in [1.82, 2.24) is 19.7 Å². The number of amides is 1. The summed E-state index contributed by atoms with van der Waals surface area (Å²) >= 11 is 0. The fourth-order valence-corrected chi connectivity index (χ4v) is 3.53. The highest BCUT2D eigenvalue weighted by Gasteiger charge is 2.22. The van der Waals surface area contributed by atoms with Crippen LogP contribution in [0, 0.1) is 0 Å². The third kappa shape index (κ3) is 3.56. The van der Waals surface area contributed by atoms with E-state index >= 15 is 0 Å². The smallest absolute Gasteiger partial charge is 0.292 e. The van der Waals surface area contributed by atoms with Gasteiger partial charge in [-0.05, 0) is 43.2 Å². The van der Waals surface area contributed by atoms with Gasteiger partial charge in [-0.1, -0.05) is 12.1 Å². The highest BCUT2D eigenvalue weighted by Crippen LogP contribution is 2.28. The van der Waals surface area contributed by atoms with Crippen LogP contribution in [-0.4, -0.2) is 38.7 Å². The molecule has 146 valence electrons. The summed E-state index contributed by atoms with van der Waals surface area (Å²) in [5.74, 6) is 1.71. The van der Waals surface area contributed by atoms with E-state index in [0.717, 1.165) is 37.0 Å². The molecule has 0 aliphatic carbocycles. The fraction of sp³-hybridized carbons (Fsp3) is 0.238. The molecular weight excluding hydrogens is 368 g/mol. The number of fused-ring (bicyclic) bond motifs is 1. The van der Waals surface area contributed by atoms with Crippen molar-refractivity contribution >= 4 is 28.6 Å². The maximum atomic E-state index is 12.8. The van der Waals surface area contributed by atoms with Crippen molar-refractivity contribution in [3.05, 3.63) is 66.4 Å². The Morgan fingerprint density at radius 3 is 2.59 bits per heavy atom. The summed E-state index contributed by atoms with van der Waals surface area (Å²) in [7, 11) is 0. The molecule has 1 aliphatic heterocycles. The standard InChI is InChI=1S/C21H20N6O2/c28-21(18-9-8-15(29-18)14-27-13-5-10-22-27)25-19-20(26-11-3-4-12-26)24-17-7-2-1-6-16(17)23-19/h1-2,5-10,13H,3-4,11-12,14H2,(H,23,25,28). The van der Waals surface area contributed by atoms with E-state index in [1.807, 2.05) is 36.5 Å². The number of nitrogens with one attached hydrogen (secondary N) is 1. The van der Waals surface area contributed by atoms with Gasteiger partial charge < -0.3 is 14.6 Å². The van der Waals surface area contributed by atoms with Crippen LogP contribution in [0.5, 0.6) is 0 Å². The molecule has 0 radical (unpaired) electrons. The highest BCUT2D eigenvalue weighted by molar-refractivity contribution is 6.03. The first-order valence-corrected chi connectivity index (χ1v) is 9.65. The molecule has 0 saturated carbocycles. The number of furan rings is 1. The lowest BCUT2D eigenvalue weighted by molar-refractivity contribution is 0.0994. The van der Waals surface area contributed by atoms with Crippen LogP contribution >= 0.6 is 0 Å². The van der Waals surface area contributed by atoms with Crippen LogP contribution in [0.4, 0.5) is 11.6 Å². The number of anilines is 2. The van der Waals surface area contributed by atoms with Crippen molar-refractivity contribution in [1.29, 1.82) is 0 Å². The van der Waals surface area contributed by atoms with Gasteiger partial charge >= 0.3 is 0 Å². The van der Waals surface area contributed by atoms with Gasteiger partial charge in [0.1, 0.15) is 5.76 Å². The fourth-order valence-electron chi connectivity index (χ4n) is 3.53. The van der Waals surface area contributed by atoms with Crippen LogP contribution in [0.2, 0.25) is 0 Å². The molecule has 5 rings (SSSR count). The number of benzene rings is 1. The van der Waals surface area contributed by atoms with Gasteiger partial charge in [0, 0.05) is 25.5 Å². The molecule has 0 bridgehead atoms. The van der Waals surface area contributed by atoms with Gasteiger partial charge in [0.15, 0.2) is 17.4 Å². The Morgan fingerprint density at radius 2 is 1.83 bits per heavy atom. The van der Waals surface area contributed by atoms with Crippen LogP contribution < -0.4 is 10.2 Å². The zero-order valence-electron chi connectivity index (χ0n) is 15.8. The molecule has 1 aromatic carbocycles. The first-order chi connectivity index (χ1) is 14.3. The van der Waals surface area contributed by atoms with Crippen molar-refractivity contribution < 1.29 is 9.21 Å². The Kier molecular flexibility index (Phi) is 4.44. The third-order valence-electron chi connectivity index (χ3n) is 4.95. The normalized spacial score (nSPS) is 13.9. The minimum Gasteiger partial charge on any atom is -0.454 e. The predicted molar refractivity (Wildman–Crippen MR) is 109 cm³/mol. The van der Waals surface area contributed by atoms with Gasteiger partial charge in [0.2, 0.25) is 0 Å². The predicted octanol–water partition coefficient (Wildman–Crippen LogP) is 3.32. The minimum atomic E-state index is -0.346. The van der Waals surface area contributed by atoms with Crippen LogP contribution in [0.15, 0.2) is 59.3 Å². The number of para-hydroxylation sites is 2. The van der Waals surface area contributed by atoms with Gasteiger partial charge in [0.25, 0.3) is 5.91 Å². The number of rotatable bonds is 5. The SMILES string of the molecule is O=C(Nc1nc2ccccc2nc1N1CCCC1)c1ccc(Cn2cccn2)o1. The molecule has 8 heteroatoms. The van der Waals surface area contributed by atoms with Crippen molar-refractivity contribution in [2.24, 2.45) is 0 Å². The molecule has 1 amide bonds. The van der Waals surface area contributed by atoms with Crippen molar-refractivity contribution in [3.63, 3.8) is 0 Å². The lowest BCUT2D eigenvalue weighted by atomic mass is 10.3. The summed E-state index contributed by atoms with van der Waals surface area (Å²) in [5.41, 5.74) is 1.55. The molecule has 0 spiro atoms. The van der Waals surface area contributed by atoms with E-state index in [-0.39, 0.29) is 11.7 Å². The summed E-state index contributed by atoms with van der Waals surface area (Å²) in [6.07, 6.45) is 5.76. The number of hydrogen-bond donors (Lipinski definition) is 1. The lowest BCUT2D eigenvalue weighted by Crippen LogP contribution is -2.23. The molecule has 4 heterocycles. The molecule has 3 aromatic heterocycles. The molecular formula is C21H20N6O2. The van der Waals surface area contributed by atoms with E-state index in [1.54, 1.807) is 23.0 Å². The maximum absolute atomic E-state index is 12.8. The third-order valence-corrected chi connectivity index (χ3v) is 4.95. The van der Waals surface area contributed by atoms with E-state index < -0.39 is 0 Å². The van der Waals surface area contributed by atoms with E-state index in [1.165, 1.54) is 0 Å². The molecule has 1 fully saturated rings. The summed E-state index contributed by atoms with van der Waals surface area (Å²) < 4.78 is 7.45. The van der Waals surface area contributed by atoms with Crippen LogP contribution in [0.25, 0.3) is 11.0 Å². The van der Waals surface area contributed by atoms with Crippen LogP contribution in [-0.2, 0) is 6.54 Å². The second kappa shape index (κ2) is 7.38. The minimum absolute atomic E-state index is 0.231. The quantitative estimate of drug-likeness (QED) is 0.564. The van der Waals surface area contributed by atoms with E-state index in [9.17, 15) is 4.79 Å². The Hall–Kier alpha value is -3.68. The highest BCUT2D eigenvalue weighted by atomic mass is 16.4. The van der Waals surface area contributed by atoms with Gasteiger partial charge in [-0.2, -0.15) is 5.10 Å². The molecule has 4 aromatic rings. The molecule has 8 nitrogen and oxygen atoms in total. The summed E-state index contributed by atoms with van der Waals surface area (Å²) in [4.78, 5) is 24.4. The second-order valence-electron chi connectivity index (χ2n) is 7.00. The summed E-state index contributed by atoms with van der Waals surface area (Å²) in [6, 6.07) is 13.0. The Morgan fingerprint density at radius 1 is 1.03 bits per heavy atom. The first kappa shape index (κ1) is 17.4. The number of hydrogen-bond acceptors (Lipinski definition) is 6. The number of aromatic nitrogens is 4. The van der Waals surface area contributed by atoms with E-state index in [0.29, 0.717) is 23.9 Å². The van der Waals surface area contributed by atoms with Gasteiger partial charge in [0.05, 0.1) is 17.6 Å². The van der Waals surface area contributed by atoms with Crippen molar-refractivity contribution in [3.8, 4) is 0 Å². The average Bonchev–Trinajstić information content (AvgIpc) is 3.51. The molecule has 1 aliphatic rings. The lowest BCUT2D eigenvalue weighted by Gasteiger charge is -2.20. The van der Waals surface area contributed by atoms with Crippen molar-refractivity contribution in [2.45, 2.75) is 19.4 Å². The van der Waals surface area contributed by atoms with E-state index in [2.05, 4.69) is 20.3 Å². The average molecular weight is 388 g/mol. The summed E-state index contributed by atoms with van der Waals surface area (Å²) in [6.45, 7) is 2.28. The Bertz CT molecular complexity index is 1150. The molecule has 0 unspecified atom stereocenters. The first-order valence-electron chi connectivity index (χ1n) is 9.65. The number of nitrogens with zero attached hydrogens (tertiary/aromatic N) is 5. The van der Waals surface area contributed by atoms with Gasteiger partial charge in [-0.25, -0.2) is 9.97 Å². The number of carbonyl (C=O) groups excluding carboxylic acids is 1. The topological polar surface area (TPSA) is 89.1 Å². The Labute approximate surface area is 167 Å². The molecule has 1 N–H and O–H groups in total. The van der Waals surface area contributed by atoms with E-state index in [4.69, 9.17) is 9.40 Å². The maximum Gasteiger partial charge on any atom is 0.292 e. The zero-order chi connectivity index (χ0) is 19.6. The van der Waals surface area contributed by atoms with Crippen LogP contribution in [0.3, 0.4) is 0 Å². The monoisotopic (exact) mass is 388 g/mol. The summed E-state index contributed by atoms with van der Waals surface area (Å²) in [5, 5.41) is 7.05. The van der Waals surface area contributed by atoms with Crippen molar-refractivity contribution in [2.75, 3.05) is 23.3 Å². The van der Waals surface area contributed by atoms with Gasteiger partial charge in [-0.15, -0.1) is 0 Å². The largest absolute Gasteiger partial charge is 0.454 e. The number of carbonyl (C=O) groups is 1. The molecule has 1 saturated heterocycles. The Balaban J connectivity index is 1.42.